The number of hydrogen-bond donors (Lipinski definition) is 1. The lowest BCUT2D eigenvalue weighted by Crippen LogP contribution is -2.47. The van der Waals surface area contributed by atoms with Gasteiger partial charge in [0.05, 0.1) is 17.5 Å². The van der Waals surface area contributed by atoms with Crippen LogP contribution in [-0.2, 0) is 14.9 Å². The summed E-state index contributed by atoms with van der Waals surface area (Å²) in [5.74, 6) is 0.244. The topological polar surface area (TPSA) is 91.4 Å². The highest BCUT2D eigenvalue weighted by molar-refractivity contribution is 5.94. The fourth-order valence-electron chi connectivity index (χ4n) is 3.42. The summed E-state index contributed by atoms with van der Waals surface area (Å²) >= 11 is 0. The van der Waals surface area contributed by atoms with Crippen molar-refractivity contribution in [2.75, 3.05) is 25.1 Å². The van der Waals surface area contributed by atoms with E-state index in [9.17, 15) is 4.79 Å². The SMILES string of the molecule is CC(C)(C#N)c1cc(NC(=O)[C@@H]2CCCN2C2CCOCC2)on1. The molecule has 0 aromatic carbocycles. The van der Waals surface area contributed by atoms with Crippen molar-refractivity contribution < 1.29 is 14.1 Å². The summed E-state index contributed by atoms with van der Waals surface area (Å²) in [6.45, 7) is 6.01. The van der Waals surface area contributed by atoms with Gasteiger partial charge in [-0.15, -0.1) is 0 Å². The Bertz CT molecular complexity index is 628. The molecule has 1 aromatic rings. The lowest BCUT2D eigenvalue weighted by atomic mass is 9.92. The van der Waals surface area contributed by atoms with E-state index in [0.29, 0.717) is 17.6 Å². The molecule has 2 saturated heterocycles. The number of nitriles is 1. The molecule has 3 rings (SSSR count). The average Bonchev–Trinajstić information content (AvgIpc) is 3.25. The first-order valence-electron chi connectivity index (χ1n) is 8.54. The van der Waals surface area contributed by atoms with Crippen molar-refractivity contribution in [3.8, 4) is 6.07 Å². The van der Waals surface area contributed by atoms with Crippen molar-refractivity contribution in [1.29, 1.82) is 5.26 Å². The Morgan fingerprint density at radius 3 is 2.88 bits per heavy atom. The number of likely N-dealkylation sites (tertiary alicyclic amines) is 1. The molecule has 2 aliphatic rings. The van der Waals surface area contributed by atoms with Crippen molar-refractivity contribution in [2.45, 2.75) is 57.0 Å². The average molecular weight is 332 g/mol. The molecule has 2 aliphatic heterocycles. The Hall–Kier alpha value is -1.91. The van der Waals surface area contributed by atoms with E-state index in [1.807, 2.05) is 0 Å². The molecule has 0 saturated carbocycles. The van der Waals surface area contributed by atoms with E-state index in [1.54, 1.807) is 19.9 Å². The second-order valence-electron chi connectivity index (χ2n) is 7.04. The van der Waals surface area contributed by atoms with Crippen LogP contribution in [0.25, 0.3) is 0 Å². The Morgan fingerprint density at radius 1 is 1.42 bits per heavy atom. The predicted octanol–water partition coefficient (Wildman–Crippen LogP) is 2.06. The van der Waals surface area contributed by atoms with E-state index < -0.39 is 5.41 Å². The molecule has 2 fully saturated rings. The van der Waals surface area contributed by atoms with Gasteiger partial charge in [-0.25, -0.2) is 0 Å². The van der Waals surface area contributed by atoms with Crippen LogP contribution in [-0.4, -0.2) is 47.8 Å². The molecule has 1 atom stereocenters. The fourth-order valence-corrected chi connectivity index (χ4v) is 3.42. The minimum atomic E-state index is -0.742. The number of nitrogens with one attached hydrogen (secondary N) is 1. The number of carbonyl (C=O) groups is 1. The monoisotopic (exact) mass is 332 g/mol. The number of nitrogens with zero attached hydrogens (tertiary/aromatic N) is 3. The molecule has 24 heavy (non-hydrogen) atoms. The predicted molar refractivity (Wildman–Crippen MR) is 87.3 cm³/mol. The van der Waals surface area contributed by atoms with Gasteiger partial charge in [0, 0.05) is 25.3 Å². The maximum atomic E-state index is 12.7. The van der Waals surface area contributed by atoms with Crippen LogP contribution in [0.15, 0.2) is 10.6 Å². The molecule has 0 unspecified atom stereocenters. The molecular weight excluding hydrogens is 308 g/mol. The molecule has 3 heterocycles. The van der Waals surface area contributed by atoms with E-state index in [4.69, 9.17) is 14.5 Å². The third kappa shape index (κ3) is 3.45. The summed E-state index contributed by atoms with van der Waals surface area (Å²) in [6, 6.07) is 4.09. The lowest BCUT2D eigenvalue weighted by molar-refractivity contribution is -0.121. The van der Waals surface area contributed by atoms with Gasteiger partial charge in [-0.1, -0.05) is 5.16 Å². The quantitative estimate of drug-likeness (QED) is 0.907. The Balaban J connectivity index is 1.65. The molecule has 7 nitrogen and oxygen atoms in total. The first kappa shape index (κ1) is 16.9. The number of hydrogen-bond acceptors (Lipinski definition) is 6. The number of rotatable bonds is 4. The fraction of sp³-hybridized carbons (Fsp3) is 0.706. The van der Waals surface area contributed by atoms with Crippen LogP contribution in [0.5, 0.6) is 0 Å². The smallest absolute Gasteiger partial charge is 0.244 e. The van der Waals surface area contributed by atoms with Crippen LogP contribution >= 0.6 is 0 Å². The van der Waals surface area contributed by atoms with Crippen LogP contribution < -0.4 is 5.32 Å². The van der Waals surface area contributed by atoms with Crippen molar-refractivity contribution >= 4 is 11.8 Å². The van der Waals surface area contributed by atoms with Crippen LogP contribution in [0.2, 0.25) is 0 Å². The Kier molecular flexibility index (Phi) is 4.88. The molecule has 0 aliphatic carbocycles. The van der Waals surface area contributed by atoms with Crippen molar-refractivity contribution in [3.05, 3.63) is 11.8 Å². The van der Waals surface area contributed by atoms with Gasteiger partial charge >= 0.3 is 0 Å². The zero-order valence-electron chi connectivity index (χ0n) is 14.2. The normalized spacial score (nSPS) is 23.1. The zero-order chi connectivity index (χ0) is 17.2. The third-order valence-electron chi connectivity index (χ3n) is 4.93. The highest BCUT2D eigenvalue weighted by Crippen LogP contribution is 2.27. The minimum Gasteiger partial charge on any atom is -0.381 e. The maximum absolute atomic E-state index is 12.7. The van der Waals surface area contributed by atoms with E-state index in [1.165, 1.54) is 0 Å². The number of anilines is 1. The van der Waals surface area contributed by atoms with E-state index in [2.05, 4.69) is 21.4 Å². The van der Waals surface area contributed by atoms with Gasteiger partial charge in [0.25, 0.3) is 0 Å². The third-order valence-corrected chi connectivity index (χ3v) is 4.93. The summed E-state index contributed by atoms with van der Waals surface area (Å²) in [7, 11) is 0. The molecule has 130 valence electrons. The van der Waals surface area contributed by atoms with Gasteiger partial charge in [0.15, 0.2) is 0 Å². The number of ether oxygens (including phenoxy) is 1. The second kappa shape index (κ2) is 6.91. The van der Waals surface area contributed by atoms with Gasteiger partial charge in [-0.05, 0) is 46.1 Å². The molecule has 1 amide bonds. The zero-order valence-corrected chi connectivity index (χ0v) is 14.2. The number of aromatic nitrogens is 1. The summed E-state index contributed by atoms with van der Waals surface area (Å²) < 4.78 is 10.6. The van der Waals surface area contributed by atoms with Gasteiger partial charge in [-0.2, -0.15) is 5.26 Å². The van der Waals surface area contributed by atoms with Gasteiger partial charge in [0.1, 0.15) is 5.69 Å². The van der Waals surface area contributed by atoms with Crippen LogP contribution in [0.4, 0.5) is 5.88 Å². The summed E-state index contributed by atoms with van der Waals surface area (Å²) in [5.41, 5.74) is -0.221. The van der Waals surface area contributed by atoms with Gasteiger partial charge in [0.2, 0.25) is 11.8 Å². The Labute approximate surface area is 141 Å². The largest absolute Gasteiger partial charge is 0.381 e. The summed E-state index contributed by atoms with van der Waals surface area (Å²) in [5, 5.41) is 15.9. The molecule has 0 spiro atoms. The van der Waals surface area contributed by atoms with E-state index >= 15 is 0 Å². The van der Waals surface area contributed by atoms with Crippen LogP contribution in [0.3, 0.4) is 0 Å². The molecule has 7 heteroatoms. The summed E-state index contributed by atoms with van der Waals surface area (Å²) in [4.78, 5) is 15.0. The van der Waals surface area contributed by atoms with Crippen LogP contribution in [0, 0.1) is 11.3 Å². The van der Waals surface area contributed by atoms with Crippen molar-refractivity contribution in [2.24, 2.45) is 0 Å². The van der Waals surface area contributed by atoms with Gasteiger partial charge < -0.3 is 9.26 Å². The molecule has 0 radical (unpaired) electrons. The highest BCUT2D eigenvalue weighted by atomic mass is 16.5. The second-order valence-corrected chi connectivity index (χ2v) is 7.04. The minimum absolute atomic E-state index is 0.0588. The van der Waals surface area contributed by atoms with Crippen LogP contribution in [0.1, 0.15) is 45.2 Å². The molecule has 0 bridgehead atoms. The molecule has 1 N–H and O–H groups in total. The number of amides is 1. The van der Waals surface area contributed by atoms with Crippen molar-refractivity contribution in [1.82, 2.24) is 10.1 Å². The standard InChI is InChI=1S/C17H24N4O3/c1-17(2,11-18)14-10-15(24-20-14)19-16(22)13-4-3-7-21(13)12-5-8-23-9-6-12/h10,12-13H,3-9H2,1-2H3,(H,19,22)/t13-/m0/s1. The first-order chi connectivity index (χ1) is 11.5. The highest BCUT2D eigenvalue weighted by Gasteiger charge is 2.36. The van der Waals surface area contributed by atoms with Crippen molar-refractivity contribution in [3.63, 3.8) is 0 Å². The number of carbonyl (C=O) groups excluding carboxylic acids is 1. The summed E-state index contributed by atoms with van der Waals surface area (Å²) in [6.07, 6.45) is 3.84. The Morgan fingerprint density at radius 2 is 2.17 bits per heavy atom. The molecule has 1 aromatic heterocycles. The first-order valence-corrected chi connectivity index (χ1v) is 8.54. The van der Waals surface area contributed by atoms with E-state index in [0.717, 1.165) is 45.4 Å². The van der Waals surface area contributed by atoms with E-state index in [-0.39, 0.29) is 11.9 Å². The van der Waals surface area contributed by atoms with Gasteiger partial charge in [-0.3, -0.25) is 15.0 Å². The molecular formula is C17H24N4O3. The lowest BCUT2D eigenvalue weighted by Gasteiger charge is -2.34. The maximum Gasteiger partial charge on any atom is 0.244 e.